The van der Waals surface area contributed by atoms with Crippen LogP contribution >= 0.6 is 11.3 Å². The number of aryl methyl sites for hydroxylation is 2. The minimum Gasteiger partial charge on any atom is -0.426 e. The number of thiazole rings is 1. The number of hydrogen-bond acceptors (Lipinski definition) is 8. The molecule has 0 saturated carbocycles. The standard InChI is InChI=1S/C36H37F2N6O3S/c1-23-13-27(14-24(2)35(23)47-34(45)5-4-12-39)18-43-21-41-44(22-43)20-36(46,30-11-10-29(37)16-31(30)38)25(3)15-33-42-32(19-48-33)28-8-6-26(17-40)7-9-28/h6-11,13-14,16,19,21-22,25,46H,4-5,12,15,18,20,39H2,1-3H3/q+1/t25-,36-/m1/s1. The van der Waals surface area contributed by atoms with E-state index in [0.717, 1.165) is 45.1 Å². The Hall–Kier alpha value is -4.83. The Bertz CT molecular complexity index is 1930. The lowest BCUT2D eigenvalue weighted by Crippen LogP contribution is -2.41. The van der Waals surface area contributed by atoms with Gasteiger partial charge in [-0.2, -0.15) is 5.26 Å². The first-order valence-corrected chi connectivity index (χ1v) is 16.4. The smallest absolute Gasteiger partial charge is 0.311 e. The van der Waals surface area contributed by atoms with Crippen molar-refractivity contribution in [3.8, 4) is 23.1 Å². The Labute approximate surface area is 281 Å². The molecule has 2 aromatic heterocycles. The minimum absolute atomic E-state index is 0.0369. The fourth-order valence-corrected chi connectivity index (χ4v) is 6.65. The van der Waals surface area contributed by atoms with Gasteiger partial charge in [-0.1, -0.05) is 25.1 Å². The van der Waals surface area contributed by atoms with Crippen LogP contribution in [0.4, 0.5) is 8.78 Å². The maximum absolute atomic E-state index is 15.3. The van der Waals surface area contributed by atoms with Crippen LogP contribution in [0.15, 0.2) is 72.6 Å². The lowest BCUT2D eigenvalue weighted by atomic mass is 9.80. The second kappa shape index (κ2) is 14.9. The molecule has 0 unspecified atom stereocenters. The quantitative estimate of drug-likeness (QED) is 0.0958. The first-order valence-electron chi connectivity index (χ1n) is 15.5. The lowest BCUT2D eigenvalue weighted by Gasteiger charge is -2.32. The molecule has 2 heterocycles. The number of nitrogens with two attached hydrogens (primary N) is 1. The van der Waals surface area contributed by atoms with Crippen LogP contribution in [-0.4, -0.2) is 32.4 Å². The van der Waals surface area contributed by atoms with Gasteiger partial charge in [-0.15, -0.1) is 16.0 Å². The molecule has 2 atom stereocenters. The molecule has 0 bridgehead atoms. The van der Waals surface area contributed by atoms with Crippen molar-refractivity contribution in [2.75, 3.05) is 6.54 Å². The molecule has 0 aliphatic rings. The van der Waals surface area contributed by atoms with Gasteiger partial charge in [0.05, 0.1) is 28.9 Å². The van der Waals surface area contributed by atoms with Crippen molar-refractivity contribution in [3.05, 3.63) is 117 Å². The number of aliphatic hydroxyl groups is 1. The van der Waals surface area contributed by atoms with Gasteiger partial charge in [0.15, 0.2) is 0 Å². The highest BCUT2D eigenvalue weighted by atomic mass is 32.1. The van der Waals surface area contributed by atoms with Crippen molar-refractivity contribution >= 4 is 17.3 Å². The van der Waals surface area contributed by atoms with E-state index < -0.39 is 23.2 Å². The maximum Gasteiger partial charge on any atom is 0.311 e. The highest BCUT2D eigenvalue weighted by Crippen LogP contribution is 2.36. The van der Waals surface area contributed by atoms with Crippen LogP contribution in [0.25, 0.3) is 11.3 Å². The number of rotatable bonds is 13. The lowest BCUT2D eigenvalue weighted by molar-refractivity contribution is -0.689. The molecule has 0 saturated heterocycles. The molecule has 0 aliphatic heterocycles. The Morgan fingerprint density at radius 1 is 1.17 bits per heavy atom. The maximum atomic E-state index is 15.3. The Balaban J connectivity index is 1.36. The third-order valence-electron chi connectivity index (χ3n) is 8.27. The fraction of sp³-hybridized carbons (Fsp3) is 0.306. The van der Waals surface area contributed by atoms with E-state index >= 15 is 4.39 Å². The largest absolute Gasteiger partial charge is 0.426 e. The summed E-state index contributed by atoms with van der Waals surface area (Å²) in [5.74, 6) is -1.93. The van der Waals surface area contributed by atoms with Crippen LogP contribution in [0, 0.1) is 42.7 Å². The number of carbonyl (C=O) groups is 1. The summed E-state index contributed by atoms with van der Waals surface area (Å²) in [7, 11) is 0. The van der Waals surface area contributed by atoms with Gasteiger partial charge in [0.25, 0.3) is 6.33 Å². The van der Waals surface area contributed by atoms with E-state index in [0.29, 0.717) is 37.2 Å². The monoisotopic (exact) mass is 671 g/mol. The number of esters is 1. The van der Waals surface area contributed by atoms with Crippen molar-refractivity contribution in [3.63, 3.8) is 0 Å². The van der Waals surface area contributed by atoms with E-state index in [1.807, 2.05) is 48.1 Å². The highest BCUT2D eigenvalue weighted by molar-refractivity contribution is 7.09. The summed E-state index contributed by atoms with van der Waals surface area (Å²) in [6.45, 7) is 6.32. The summed E-state index contributed by atoms with van der Waals surface area (Å²) in [6.07, 6.45) is 4.46. The van der Waals surface area contributed by atoms with Crippen LogP contribution in [0.3, 0.4) is 0 Å². The van der Waals surface area contributed by atoms with Crippen LogP contribution in [0.5, 0.6) is 5.75 Å². The number of nitrogens with zero attached hydrogens (tertiary/aromatic N) is 5. The van der Waals surface area contributed by atoms with Crippen molar-refractivity contribution < 1.29 is 28.0 Å². The molecular weight excluding hydrogens is 634 g/mol. The van der Waals surface area contributed by atoms with Crippen molar-refractivity contribution in [2.24, 2.45) is 11.7 Å². The molecule has 0 aliphatic carbocycles. The molecule has 0 radical (unpaired) electrons. The number of hydrogen-bond donors (Lipinski definition) is 2. The molecule has 48 heavy (non-hydrogen) atoms. The van der Waals surface area contributed by atoms with Gasteiger partial charge in [-0.25, -0.2) is 18.3 Å². The molecular formula is C36H37F2N6O3S+. The number of ether oxygens (including phenoxy) is 1. The molecule has 5 aromatic rings. The molecule has 3 N–H and O–H groups in total. The summed E-state index contributed by atoms with van der Waals surface area (Å²) in [5, 5.41) is 28.4. The third-order valence-corrected chi connectivity index (χ3v) is 9.15. The van der Waals surface area contributed by atoms with Crippen molar-refractivity contribution in [1.82, 2.24) is 14.8 Å². The van der Waals surface area contributed by atoms with Crippen LogP contribution in [0.2, 0.25) is 0 Å². The van der Waals surface area contributed by atoms with E-state index in [1.165, 1.54) is 22.1 Å². The average Bonchev–Trinajstić information content (AvgIpc) is 3.71. The SMILES string of the molecule is Cc1cc(C[n+]2cnn(C[C@](O)(c3ccc(F)cc3F)[C@H](C)Cc3nc(-c4ccc(C#N)cc4)cs3)c2)cc(C)c1OC(=O)CCCN. The summed E-state index contributed by atoms with van der Waals surface area (Å²) in [4.78, 5) is 16.9. The zero-order valence-corrected chi connectivity index (χ0v) is 27.8. The molecule has 0 spiro atoms. The normalized spacial score (nSPS) is 13.1. The third kappa shape index (κ3) is 7.99. The predicted molar refractivity (Wildman–Crippen MR) is 177 cm³/mol. The first-order chi connectivity index (χ1) is 23.0. The van der Waals surface area contributed by atoms with Crippen LogP contribution < -0.4 is 15.0 Å². The second-order valence-corrected chi connectivity index (χ2v) is 13.0. The minimum atomic E-state index is -1.77. The van der Waals surface area contributed by atoms with Crippen LogP contribution in [-0.2, 0) is 29.9 Å². The molecule has 5 rings (SSSR count). The molecule has 3 aromatic carbocycles. The van der Waals surface area contributed by atoms with E-state index in [1.54, 1.807) is 31.7 Å². The van der Waals surface area contributed by atoms with E-state index in [-0.39, 0.29) is 24.5 Å². The number of halogens is 2. The van der Waals surface area contributed by atoms with Gasteiger partial charge in [0.2, 0.25) is 6.33 Å². The fourth-order valence-electron chi connectivity index (χ4n) is 5.72. The molecule has 248 valence electrons. The summed E-state index contributed by atoms with van der Waals surface area (Å²) < 4.78 is 38.2. The average molecular weight is 672 g/mol. The topological polar surface area (TPSA) is 131 Å². The number of nitriles is 1. The zero-order chi connectivity index (χ0) is 34.4. The Morgan fingerprint density at radius 2 is 1.90 bits per heavy atom. The number of carbonyl (C=O) groups excluding carboxylic acids is 1. The van der Waals surface area contributed by atoms with Gasteiger partial charge in [-0.3, -0.25) is 4.79 Å². The summed E-state index contributed by atoms with van der Waals surface area (Å²) >= 11 is 1.42. The van der Waals surface area contributed by atoms with Gasteiger partial charge in [0, 0.05) is 40.5 Å². The van der Waals surface area contributed by atoms with E-state index in [4.69, 9.17) is 20.7 Å². The van der Waals surface area contributed by atoms with Crippen LogP contribution in [0.1, 0.15) is 52.6 Å². The second-order valence-electron chi connectivity index (χ2n) is 12.0. The number of aromatic nitrogens is 4. The Kier molecular flexibility index (Phi) is 10.7. The summed E-state index contributed by atoms with van der Waals surface area (Å²) in [5.41, 5.74) is 8.42. The summed E-state index contributed by atoms with van der Waals surface area (Å²) in [6, 6.07) is 16.3. The highest BCUT2D eigenvalue weighted by Gasteiger charge is 2.41. The van der Waals surface area contributed by atoms with Gasteiger partial charge in [-0.05, 0) is 79.8 Å². The van der Waals surface area contributed by atoms with E-state index in [9.17, 15) is 14.3 Å². The molecule has 0 amide bonds. The van der Waals surface area contributed by atoms with E-state index in [2.05, 4.69) is 11.2 Å². The molecule has 12 heteroatoms. The first kappa shape index (κ1) is 34.5. The molecule has 0 fully saturated rings. The predicted octanol–water partition coefficient (Wildman–Crippen LogP) is 5.52. The van der Waals surface area contributed by atoms with Gasteiger partial charge in [0.1, 0.15) is 29.5 Å². The Morgan fingerprint density at radius 3 is 2.56 bits per heavy atom. The molecule has 9 nitrogen and oxygen atoms in total. The zero-order valence-electron chi connectivity index (χ0n) is 27.0. The van der Waals surface area contributed by atoms with Gasteiger partial charge >= 0.3 is 5.97 Å². The van der Waals surface area contributed by atoms with Crippen molar-refractivity contribution in [2.45, 2.75) is 58.7 Å². The van der Waals surface area contributed by atoms with Gasteiger partial charge < -0.3 is 15.6 Å². The number of benzene rings is 3. The van der Waals surface area contributed by atoms with Crippen molar-refractivity contribution in [1.29, 1.82) is 5.26 Å².